The molecule has 2 atom stereocenters. The van der Waals surface area contributed by atoms with E-state index < -0.39 is 0 Å². The molecule has 0 aromatic carbocycles. The molecule has 0 spiro atoms. The van der Waals surface area contributed by atoms with Crippen molar-refractivity contribution in [1.82, 2.24) is 15.2 Å². The Kier molecular flexibility index (Phi) is 4.65. The van der Waals surface area contributed by atoms with Gasteiger partial charge in [0.1, 0.15) is 5.76 Å². The molecule has 5 nitrogen and oxygen atoms in total. The molecule has 2 heterocycles. The first-order valence-electron chi connectivity index (χ1n) is 8.16. The van der Waals surface area contributed by atoms with E-state index in [1.54, 1.807) is 18.7 Å². The van der Waals surface area contributed by atoms with Crippen LogP contribution in [0.4, 0.5) is 4.79 Å². The van der Waals surface area contributed by atoms with Crippen LogP contribution in [0.15, 0.2) is 47.3 Å². The van der Waals surface area contributed by atoms with E-state index in [1.807, 2.05) is 36.1 Å². The highest BCUT2D eigenvalue weighted by atomic mass is 16.3. The minimum absolute atomic E-state index is 0.0164. The molecule has 23 heavy (non-hydrogen) atoms. The summed E-state index contributed by atoms with van der Waals surface area (Å²) in [4.78, 5) is 18.6. The molecule has 122 valence electrons. The van der Waals surface area contributed by atoms with Crippen LogP contribution in [-0.2, 0) is 0 Å². The highest BCUT2D eigenvalue weighted by Crippen LogP contribution is 2.34. The van der Waals surface area contributed by atoms with Crippen LogP contribution >= 0.6 is 0 Å². The maximum absolute atomic E-state index is 12.7. The number of hydrogen-bond donors (Lipinski definition) is 1. The van der Waals surface area contributed by atoms with Gasteiger partial charge in [0, 0.05) is 25.0 Å². The van der Waals surface area contributed by atoms with Crippen LogP contribution in [0.2, 0.25) is 0 Å². The van der Waals surface area contributed by atoms with Crippen LogP contribution in [0.25, 0.3) is 0 Å². The summed E-state index contributed by atoms with van der Waals surface area (Å²) in [5, 5.41) is 3.07. The SMILES string of the molecule is C[C@H](CNC(=O)N(C1CC1)[C@@H](C)c1ccco1)c1ccncc1. The molecule has 2 aromatic heterocycles. The van der Waals surface area contributed by atoms with Crippen LogP contribution in [-0.4, -0.2) is 28.5 Å². The predicted molar refractivity (Wildman–Crippen MR) is 88.0 cm³/mol. The van der Waals surface area contributed by atoms with E-state index in [2.05, 4.69) is 17.2 Å². The molecule has 0 bridgehead atoms. The van der Waals surface area contributed by atoms with E-state index in [0.717, 1.165) is 18.6 Å². The number of carbonyl (C=O) groups is 1. The first-order chi connectivity index (χ1) is 11.2. The fraction of sp³-hybridized carbons (Fsp3) is 0.444. The third-order valence-electron chi connectivity index (χ3n) is 4.38. The monoisotopic (exact) mass is 313 g/mol. The van der Waals surface area contributed by atoms with E-state index in [9.17, 15) is 4.79 Å². The summed E-state index contributed by atoms with van der Waals surface area (Å²) < 4.78 is 5.47. The van der Waals surface area contributed by atoms with Crippen molar-refractivity contribution < 1.29 is 9.21 Å². The van der Waals surface area contributed by atoms with Crippen molar-refractivity contribution >= 4 is 6.03 Å². The molecule has 1 fully saturated rings. The Morgan fingerprint density at radius 1 is 1.35 bits per heavy atom. The molecule has 1 N–H and O–H groups in total. The number of carbonyl (C=O) groups excluding carboxylic acids is 1. The van der Waals surface area contributed by atoms with E-state index in [-0.39, 0.29) is 18.0 Å². The lowest BCUT2D eigenvalue weighted by Gasteiger charge is -2.28. The number of aromatic nitrogens is 1. The second kappa shape index (κ2) is 6.86. The van der Waals surface area contributed by atoms with Crippen LogP contribution in [0.1, 0.15) is 50.0 Å². The fourth-order valence-corrected chi connectivity index (χ4v) is 2.82. The summed E-state index contributed by atoms with van der Waals surface area (Å²) in [5.74, 6) is 1.08. The highest BCUT2D eigenvalue weighted by Gasteiger charge is 2.37. The van der Waals surface area contributed by atoms with E-state index >= 15 is 0 Å². The largest absolute Gasteiger partial charge is 0.467 e. The summed E-state index contributed by atoms with van der Waals surface area (Å²) in [6.45, 7) is 4.73. The van der Waals surface area contributed by atoms with E-state index in [4.69, 9.17) is 4.42 Å². The fourth-order valence-electron chi connectivity index (χ4n) is 2.82. The summed E-state index contributed by atoms with van der Waals surface area (Å²) in [6, 6.07) is 8.02. The van der Waals surface area contributed by atoms with Crippen molar-refractivity contribution in [3.63, 3.8) is 0 Å². The van der Waals surface area contributed by atoms with Crippen molar-refractivity contribution in [3.05, 3.63) is 54.2 Å². The maximum Gasteiger partial charge on any atom is 0.318 e. The van der Waals surface area contributed by atoms with Crippen LogP contribution in [0.5, 0.6) is 0 Å². The van der Waals surface area contributed by atoms with Gasteiger partial charge in [-0.25, -0.2) is 4.79 Å². The van der Waals surface area contributed by atoms with Crippen molar-refractivity contribution in [2.45, 2.75) is 44.7 Å². The van der Waals surface area contributed by atoms with Gasteiger partial charge in [-0.15, -0.1) is 0 Å². The van der Waals surface area contributed by atoms with Crippen LogP contribution < -0.4 is 5.32 Å². The Hall–Kier alpha value is -2.30. The smallest absolute Gasteiger partial charge is 0.318 e. The molecule has 0 radical (unpaired) electrons. The zero-order valence-electron chi connectivity index (χ0n) is 13.6. The van der Waals surface area contributed by atoms with Gasteiger partial charge < -0.3 is 14.6 Å². The lowest BCUT2D eigenvalue weighted by Crippen LogP contribution is -2.43. The molecule has 0 unspecified atom stereocenters. The second-order valence-electron chi connectivity index (χ2n) is 6.20. The molecular formula is C18H23N3O2. The summed E-state index contributed by atoms with van der Waals surface area (Å²) in [7, 11) is 0. The molecule has 0 saturated heterocycles. The first kappa shape index (κ1) is 15.6. The number of nitrogens with zero attached hydrogens (tertiary/aromatic N) is 2. The Bertz CT molecular complexity index is 623. The van der Waals surface area contributed by atoms with Gasteiger partial charge in [-0.2, -0.15) is 0 Å². The molecule has 5 heteroatoms. The van der Waals surface area contributed by atoms with Gasteiger partial charge in [-0.1, -0.05) is 6.92 Å². The minimum Gasteiger partial charge on any atom is -0.467 e. The van der Waals surface area contributed by atoms with Crippen molar-refractivity contribution in [3.8, 4) is 0 Å². The number of furan rings is 1. The zero-order valence-corrected chi connectivity index (χ0v) is 13.6. The lowest BCUT2D eigenvalue weighted by atomic mass is 10.0. The predicted octanol–water partition coefficient (Wildman–Crippen LogP) is 3.71. The first-order valence-corrected chi connectivity index (χ1v) is 8.16. The van der Waals surface area contributed by atoms with E-state index in [1.165, 1.54) is 5.56 Å². The Morgan fingerprint density at radius 3 is 2.70 bits per heavy atom. The third-order valence-corrected chi connectivity index (χ3v) is 4.38. The molecule has 1 saturated carbocycles. The number of pyridine rings is 1. The van der Waals surface area contributed by atoms with Crippen LogP contribution in [0, 0.1) is 0 Å². The minimum atomic E-state index is -0.0475. The van der Waals surface area contributed by atoms with Gasteiger partial charge in [0.2, 0.25) is 0 Å². The number of hydrogen-bond acceptors (Lipinski definition) is 3. The molecule has 2 aromatic rings. The van der Waals surface area contributed by atoms with Gasteiger partial charge in [0.05, 0.1) is 12.3 Å². The Morgan fingerprint density at radius 2 is 2.09 bits per heavy atom. The molecule has 3 rings (SSSR count). The van der Waals surface area contributed by atoms with Gasteiger partial charge in [0.15, 0.2) is 0 Å². The Balaban J connectivity index is 1.61. The van der Waals surface area contributed by atoms with Crippen molar-refractivity contribution in [2.24, 2.45) is 0 Å². The average molecular weight is 313 g/mol. The van der Waals surface area contributed by atoms with Gasteiger partial charge >= 0.3 is 6.03 Å². The molecule has 1 aliphatic carbocycles. The standard InChI is InChI=1S/C18H23N3O2/c1-13(15-7-9-19-10-8-15)12-20-18(22)21(16-5-6-16)14(2)17-4-3-11-23-17/h3-4,7-11,13-14,16H,5-6,12H2,1-2H3,(H,20,22)/t13-,14+/m1/s1. The normalized spacial score (nSPS) is 16.6. The number of amides is 2. The summed E-state index contributed by atoms with van der Waals surface area (Å²) in [6.07, 6.45) is 7.35. The average Bonchev–Trinajstić information content (AvgIpc) is 3.25. The maximum atomic E-state index is 12.7. The molecular weight excluding hydrogens is 290 g/mol. The number of rotatable bonds is 6. The lowest BCUT2D eigenvalue weighted by molar-refractivity contribution is 0.166. The quantitative estimate of drug-likeness (QED) is 0.884. The van der Waals surface area contributed by atoms with Gasteiger partial charge in [0.25, 0.3) is 0 Å². The molecule has 0 aliphatic heterocycles. The zero-order chi connectivity index (χ0) is 16.2. The topological polar surface area (TPSA) is 58.4 Å². The summed E-state index contributed by atoms with van der Waals surface area (Å²) >= 11 is 0. The third kappa shape index (κ3) is 3.73. The van der Waals surface area contributed by atoms with Crippen LogP contribution in [0.3, 0.4) is 0 Å². The Labute approximate surface area is 136 Å². The van der Waals surface area contributed by atoms with E-state index in [0.29, 0.717) is 12.6 Å². The second-order valence-corrected chi connectivity index (χ2v) is 6.20. The number of urea groups is 1. The van der Waals surface area contributed by atoms with Gasteiger partial charge in [-0.3, -0.25) is 4.98 Å². The molecule has 2 amide bonds. The summed E-state index contributed by atoms with van der Waals surface area (Å²) in [5.41, 5.74) is 1.18. The van der Waals surface area contributed by atoms with Gasteiger partial charge in [-0.05, 0) is 55.5 Å². The highest BCUT2D eigenvalue weighted by molar-refractivity contribution is 5.75. The molecule has 1 aliphatic rings. The number of nitrogens with one attached hydrogen (secondary N) is 1. The van der Waals surface area contributed by atoms with Crippen molar-refractivity contribution in [1.29, 1.82) is 0 Å². The van der Waals surface area contributed by atoms with Crippen molar-refractivity contribution in [2.75, 3.05) is 6.54 Å².